The van der Waals surface area contributed by atoms with Gasteiger partial charge in [0.2, 0.25) is 0 Å². The monoisotopic (exact) mass is 188 g/mol. The molecule has 78 valence electrons. The zero-order chi connectivity index (χ0) is 9.19. The van der Waals surface area contributed by atoms with E-state index in [4.69, 9.17) is 0 Å². The topological polar surface area (TPSA) is 49.8 Å². The van der Waals surface area contributed by atoms with E-state index in [1.54, 1.807) is 0 Å². The molecule has 0 atom stereocenters. The van der Waals surface area contributed by atoms with E-state index in [-0.39, 0.29) is 0 Å². The van der Waals surface area contributed by atoms with Crippen molar-refractivity contribution >= 4 is 0 Å². The molecule has 0 unspecified atom stereocenters. The van der Waals surface area contributed by atoms with Crippen LogP contribution in [0.3, 0.4) is 0 Å². The zero-order valence-corrected chi connectivity index (χ0v) is 8.80. The fraction of sp³-hybridized carbons (Fsp3) is 1.00. The summed E-state index contributed by atoms with van der Waals surface area (Å²) in [7, 11) is 0. The molecule has 1 fully saturated rings. The van der Waals surface area contributed by atoms with E-state index < -0.39 is 0 Å². The third-order valence-electron chi connectivity index (χ3n) is 2.70. The Balaban J connectivity index is 2.01. The van der Waals surface area contributed by atoms with E-state index in [0.717, 1.165) is 0 Å². The maximum Gasteiger partial charge on any atom is 0.0809 e. The Kier molecular flexibility index (Phi) is 7.15. The van der Waals surface area contributed by atoms with Crippen LogP contribution in [0.25, 0.3) is 0 Å². The van der Waals surface area contributed by atoms with Crippen LogP contribution in [-0.4, -0.2) is 39.3 Å². The quantitative estimate of drug-likeness (QED) is 0.369. The lowest BCUT2D eigenvalue weighted by Crippen LogP contribution is -2.89. The molecular formula is C10H26N3+3. The molecule has 0 spiro atoms. The van der Waals surface area contributed by atoms with E-state index in [0.29, 0.717) is 0 Å². The maximum absolute atomic E-state index is 2.48. The first kappa shape index (κ1) is 11.0. The van der Waals surface area contributed by atoms with Crippen LogP contribution in [0.1, 0.15) is 25.7 Å². The molecule has 0 saturated carbocycles. The van der Waals surface area contributed by atoms with E-state index in [2.05, 4.69) is 16.0 Å². The van der Waals surface area contributed by atoms with Crippen LogP contribution in [0.5, 0.6) is 0 Å². The van der Waals surface area contributed by atoms with Crippen LogP contribution in [0.2, 0.25) is 0 Å². The van der Waals surface area contributed by atoms with E-state index >= 15 is 0 Å². The average molecular weight is 188 g/mol. The molecule has 1 aliphatic heterocycles. The molecule has 0 amide bonds. The molecule has 0 aliphatic carbocycles. The van der Waals surface area contributed by atoms with Crippen LogP contribution < -0.4 is 16.0 Å². The molecule has 0 radical (unpaired) electrons. The standard InChI is InChI=1S/C10H23N3/c1-2-6-12-8-4-10-13-9-3-7-11-5-1/h11-13H,1-10H2/p+3. The minimum atomic E-state index is 1.33. The number of rotatable bonds is 0. The molecule has 3 nitrogen and oxygen atoms in total. The summed E-state index contributed by atoms with van der Waals surface area (Å²) in [5, 5.41) is 7.43. The fourth-order valence-electron chi connectivity index (χ4n) is 1.82. The first-order chi connectivity index (χ1) is 6.50. The van der Waals surface area contributed by atoms with Gasteiger partial charge < -0.3 is 16.0 Å². The molecule has 1 heterocycles. The van der Waals surface area contributed by atoms with Gasteiger partial charge in [-0.3, -0.25) is 0 Å². The molecule has 0 bridgehead atoms. The Morgan fingerprint density at radius 1 is 0.385 bits per heavy atom. The first-order valence-electron chi connectivity index (χ1n) is 5.95. The largest absolute Gasteiger partial charge is 0.346 e. The summed E-state index contributed by atoms with van der Waals surface area (Å²) < 4.78 is 0. The van der Waals surface area contributed by atoms with Crippen molar-refractivity contribution in [1.29, 1.82) is 0 Å². The van der Waals surface area contributed by atoms with Crippen molar-refractivity contribution in [2.75, 3.05) is 39.3 Å². The summed E-state index contributed by atoms with van der Waals surface area (Å²) in [4.78, 5) is 0. The van der Waals surface area contributed by atoms with E-state index in [1.165, 1.54) is 65.0 Å². The van der Waals surface area contributed by atoms with Gasteiger partial charge in [0.25, 0.3) is 0 Å². The van der Waals surface area contributed by atoms with Gasteiger partial charge in [-0.25, -0.2) is 0 Å². The van der Waals surface area contributed by atoms with Gasteiger partial charge in [-0.2, -0.15) is 0 Å². The first-order valence-corrected chi connectivity index (χ1v) is 5.95. The summed E-state index contributed by atoms with van der Waals surface area (Å²) in [6.45, 7) is 8.01. The average Bonchev–Trinajstić information content (AvgIpc) is 2.18. The third-order valence-corrected chi connectivity index (χ3v) is 2.70. The van der Waals surface area contributed by atoms with Crippen LogP contribution in [0.15, 0.2) is 0 Å². The van der Waals surface area contributed by atoms with Gasteiger partial charge in [0.1, 0.15) is 0 Å². The minimum Gasteiger partial charge on any atom is -0.346 e. The summed E-state index contributed by atoms with van der Waals surface area (Å²) in [5.41, 5.74) is 0. The highest BCUT2D eigenvalue weighted by molar-refractivity contribution is 4.35. The Hall–Kier alpha value is -0.120. The number of nitrogens with two attached hydrogens (primary N) is 3. The van der Waals surface area contributed by atoms with E-state index in [9.17, 15) is 0 Å². The molecule has 0 aromatic carbocycles. The second-order valence-electron chi connectivity index (χ2n) is 4.01. The number of quaternary nitrogens is 3. The van der Waals surface area contributed by atoms with Crippen molar-refractivity contribution in [1.82, 2.24) is 0 Å². The molecule has 3 heteroatoms. The van der Waals surface area contributed by atoms with Crippen LogP contribution in [0.4, 0.5) is 0 Å². The fourth-order valence-corrected chi connectivity index (χ4v) is 1.82. The third kappa shape index (κ3) is 6.99. The lowest BCUT2D eigenvalue weighted by molar-refractivity contribution is -0.686. The van der Waals surface area contributed by atoms with Crippen molar-refractivity contribution in [3.63, 3.8) is 0 Å². The predicted octanol–water partition coefficient (Wildman–Crippen LogP) is -2.75. The molecule has 13 heavy (non-hydrogen) atoms. The van der Waals surface area contributed by atoms with Gasteiger partial charge in [-0.1, -0.05) is 0 Å². The van der Waals surface area contributed by atoms with Gasteiger partial charge in [0.15, 0.2) is 0 Å². The highest BCUT2D eigenvalue weighted by atomic mass is 14.9. The predicted molar refractivity (Wildman–Crippen MR) is 53.4 cm³/mol. The Morgan fingerprint density at radius 2 is 0.692 bits per heavy atom. The minimum absolute atomic E-state index is 1.33. The molecule has 1 aliphatic rings. The van der Waals surface area contributed by atoms with Crippen molar-refractivity contribution < 1.29 is 16.0 Å². The van der Waals surface area contributed by atoms with Crippen molar-refractivity contribution in [3.8, 4) is 0 Å². The van der Waals surface area contributed by atoms with Crippen molar-refractivity contribution in [2.24, 2.45) is 0 Å². The van der Waals surface area contributed by atoms with Gasteiger partial charge >= 0.3 is 0 Å². The molecule has 0 aromatic heterocycles. The van der Waals surface area contributed by atoms with Gasteiger partial charge in [-0.15, -0.1) is 0 Å². The summed E-state index contributed by atoms with van der Waals surface area (Å²) >= 11 is 0. The zero-order valence-electron chi connectivity index (χ0n) is 8.80. The highest BCUT2D eigenvalue weighted by Crippen LogP contribution is 1.78. The summed E-state index contributed by atoms with van der Waals surface area (Å²) in [6, 6.07) is 0. The second kappa shape index (κ2) is 8.48. The summed E-state index contributed by atoms with van der Waals surface area (Å²) in [5.74, 6) is 0. The molecule has 1 rings (SSSR count). The Bertz CT molecular complexity index is 58.2. The van der Waals surface area contributed by atoms with Crippen molar-refractivity contribution in [3.05, 3.63) is 0 Å². The number of hydrogen-bond donors (Lipinski definition) is 3. The Morgan fingerprint density at radius 3 is 1.08 bits per heavy atom. The smallest absolute Gasteiger partial charge is 0.0809 e. The lowest BCUT2D eigenvalue weighted by atomic mass is 10.3. The summed E-state index contributed by atoms with van der Waals surface area (Å²) in [6.07, 6.45) is 5.56. The SMILES string of the molecule is C1CC[NH2+]CCC[NH2+]CCC[NH2+]C1. The van der Waals surface area contributed by atoms with Gasteiger partial charge in [0.05, 0.1) is 39.3 Å². The Labute approximate surface area is 81.7 Å². The molecule has 1 saturated heterocycles. The van der Waals surface area contributed by atoms with Crippen molar-refractivity contribution in [2.45, 2.75) is 25.7 Å². The highest BCUT2D eigenvalue weighted by Gasteiger charge is 1.98. The normalized spacial score (nSPS) is 24.0. The maximum atomic E-state index is 2.48. The molecule has 6 N–H and O–H groups in total. The number of hydrogen-bond acceptors (Lipinski definition) is 0. The molecule has 0 aromatic rings. The lowest BCUT2D eigenvalue weighted by Gasteiger charge is -1.99. The van der Waals surface area contributed by atoms with Gasteiger partial charge in [-0.05, 0) is 0 Å². The van der Waals surface area contributed by atoms with Crippen LogP contribution in [0, 0.1) is 0 Å². The van der Waals surface area contributed by atoms with E-state index in [1.807, 2.05) is 0 Å². The van der Waals surface area contributed by atoms with Crippen LogP contribution >= 0.6 is 0 Å². The molecular weight excluding hydrogens is 162 g/mol. The van der Waals surface area contributed by atoms with Crippen LogP contribution in [-0.2, 0) is 0 Å². The van der Waals surface area contributed by atoms with Gasteiger partial charge in [0, 0.05) is 25.7 Å². The second-order valence-corrected chi connectivity index (χ2v) is 4.01.